The third kappa shape index (κ3) is 3.46. The summed E-state index contributed by atoms with van der Waals surface area (Å²) >= 11 is 11.7. The number of halogens is 2. The van der Waals surface area contributed by atoms with Crippen LogP contribution in [0.3, 0.4) is 0 Å². The SMILES string of the molecule is CCC1CCCC(Oc2nc(Cl)ncc2Cl)C1. The van der Waals surface area contributed by atoms with Gasteiger partial charge in [-0.05, 0) is 36.8 Å². The Kier molecular flexibility index (Phi) is 4.46. The summed E-state index contributed by atoms with van der Waals surface area (Å²) in [6.45, 7) is 2.22. The van der Waals surface area contributed by atoms with Crippen molar-refractivity contribution in [2.75, 3.05) is 0 Å². The van der Waals surface area contributed by atoms with Gasteiger partial charge in [-0.1, -0.05) is 31.4 Å². The lowest BCUT2D eigenvalue weighted by atomic mass is 9.85. The van der Waals surface area contributed by atoms with E-state index in [2.05, 4.69) is 16.9 Å². The number of rotatable bonds is 3. The number of ether oxygens (including phenoxy) is 1. The van der Waals surface area contributed by atoms with Crippen LogP contribution < -0.4 is 4.74 Å². The van der Waals surface area contributed by atoms with Crippen LogP contribution in [0.5, 0.6) is 5.88 Å². The number of nitrogens with zero attached hydrogens (tertiary/aromatic N) is 2. The van der Waals surface area contributed by atoms with Crippen LogP contribution in [0.15, 0.2) is 6.20 Å². The quantitative estimate of drug-likeness (QED) is 0.778. The van der Waals surface area contributed by atoms with Crippen molar-refractivity contribution < 1.29 is 4.74 Å². The standard InChI is InChI=1S/C12H16Cl2N2O/c1-2-8-4-3-5-9(6-8)17-11-10(13)7-15-12(14)16-11/h7-9H,2-6H2,1H3. The van der Waals surface area contributed by atoms with Crippen LogP contribution in [0, 0.1) is 5.92 Å². The monoisotopic (exact) mass is 274 g/mol. The topological polar surface area (TPSA) is 35.0 Å². The summed E-state index contributed by atoms with van der Waals surface area (Å²) in [5.74, 6) is 1.17. The van der Waals surface area contributed by atoms with E-state index in [1.54, 1.807) is 0 Å². The summed E-state index contributed by atoms with van der Waals surface area (Å²) < 4.78 is 5.83. The summed E-state index contributed by atoms with van der Waals surface area (Å²) in [6.07, 6.45) is 7.54. The molecule has 0 radical (unpaired) electrons. The molecule has 1 aromatic heterocycles. The summed E-state index contributed by atoms with van der Waals surface area (Å²) in [4.78, 5) is 7.82. The molecule has 0 bridgehead atoms. The highest BCUT2D eigenvalue weighted by molar-refractivity contribution is 6.32. The minimum absolute atomic E-state index is 0.173. The molecule has 2 rings (SSSR count). The maximum atomic E-state index is 5.98. The van der Waals surface area contributed by atoms with E-state index >= 15 is 0 Å². The Morgan fingerprint density at radius 3 is 3.00 bits per heavy atom. The van der Waals surface area contributed by atoms with Crippen LogP contribution in [-0.2, 0) is 0 Å². The smallest absolute Gasteiger partial charge is 0.237 e. The van der Waals surface area contributed by atoms with Crippen LogP contribution in [0.2, 0.25) is 10.3 Å². The number of hydrogen-bond acceptors (Lipinski definition) is 3. The Labute approximate surface area is 112 Å². The summed E-state index contributed by atoms with van der Waals surface area (Å²) in [5, 5.41) is 0.597. The van der Waals surface area contributed by atoms with Gasteiger partial charge in [0.05, 0.1) is 6.20 Å². The second kappa shape index (κ2) is 5.87. The van der Waals surface area contributed by atoms with Crippen molar-refractivity contribution in [2.24, 2.45) is 5.92 Å². The van der Waals surface area contributed by atoms with Crippen molar-refractivity contribution in [1.82, 2.24) is 9.97 Å². The molecule has 1 heterocycles. The molecular formula is C12H16Cl2N2O. The fourth-order valence-corrected chi connectivity index (χ4v) is 2.55. The highest BCUT2D eigenvalue weighted by Crippen LogP contribution is 2.31. The molecule has 2 atom stereocenters. The van der Waals surface area contributed by atoms with Crippen molar-refractivity contribution in [3.05, 3.63) is 16.5 Å². The third-order valence-corrected chi connectivity index (χ3v) is 3.71. The van der Waals surface area contributed by atoms with E-state index in [-0.39, 0.29) is 11.4 Å². The van der Waals surface area contributed by atoms with Crippen molar-refractivity contribution in [3.8, 4) is 5.88 Å². The number of hydrogen-bond donors (Lipinski definition) is 0. The molecular weight excluding hydrogens is 259 g/mol. The lowest BCUT2D eigenvalue weighted by molar-refractivity contribution is 0.117. The Balaban J connectivity index is 2.02. The second-order valence-corrected chi connectivity index (χ2v) is 5.22. The Morgan fingerprint density at radius 2 is 2.24 bits per heavy atom. The van der Waals surface area contributed by atoms with Crippen LogP contribution >= 0.6 is 23.2 Å². The molecule has 1 saturated carbocycles. The fourth-order valence-electron chi connectivity index (χ4n) is 2.29. The van der Waals surface area contributed by atoms with Gasteiger partial charge in [0.15, 0.2) is 0 Å². The van der Waals surface area contributed by atoms with Gasteiger partial charge in [-0.2, -0.15) is 4.98 Å². The van der Waals surface area contributed by atoms with E-state index in [0.717, 1.165) is 18.8 Å². The largest absolute Gasteiger partial charge is 0.473 e. The summed E-state index contributed by atoms with van der Waals surface area (Å²) in [6, 6.07) is 0. The molecule has 0 aromatic carbocycles. The maximum Gasteiger partial charge on any atom is 0.237 e. The van der Waals surface area contributed by atoms with Gasteiger partial charge in [-0.3, -0.25) is 0 Å². The first-order chi connectivity index (χ1) is 8.19. The van der Waals surface area contributed by atoms with Gasteiger partial charge in [0.2, 0.25) is 11.2 Å². The van der Waals surface area contributed by atoms with E-state index in [0.29, 0.717) is 10.9 Å². The van der Waals surface area contributed by atoms with E-state index in [1.165, 1.54) is 25.5 Å². The highest BCUT2D eigenvalue weighted by atomic mass is 35.5. The predicted molar refractivity (Wildman–Crippen MR) is 68.7 cm³/mol. The van der Waals surface area contributed by atoms with Crippen molar-refractivity contribution >= 4 is 23.2 Å². The van der Waals surface area contributed by atoms with E-state index in [1.807, 2.05) is 0 Å². The van der Waals surface area contributed by atoms with E-state index in [4.69, 9.17) is 27.9 Å². The molecule has 0 amide bonds. The van der Waals surface area contributed by atoms with Crippen LogP contribution in [0.4, 0.5) is 0 Å². The van der Waals surface area contributed by atoms with Gasteiger partial charge in [-0.25, -0.2) is 4.98 Å². The minimum Gasteiger partial charge on any atom is -0.473 e. The predicted octanol–water partition coefficient (Wildman–Crippen LogP) is 4.13. The van der Waals surface area contributed by atoms with Gasteiger partial charge in [0.1, 0.15) is 11.1 Å². The fraction of sp³-hybridized carbons (Fsp3) is 0.667. The normalized spacial score (nSPS) is 24.6. The maximum absolute atomic E-state index is 5.98. The zero-order valence-electron chi connectivity index (χ0n) is 9.83. The van der Waals surface area contributed by atoms with Crippen LogP contribution in [-0.4, -0.2) is 16.1 Å². The first kappa shape index (κ1) is 12.9. The lowest BCUT2D eigenvalue weighted by Crippen LogP contribution is -2.25. The first-order valence-corrected chi connectivity index (χ1v) is 6.79. The van der Waals surface area contributed by atoms with Crippen LogP contribution in [0.25, 0.3) is 0 Å². The van der Waals surface area contributed by atoms with Crippen LogP contribution in [0.1, 0.15) is 39.0 Å². The van der Waals surface area contributed by atoms with Crippen molar-refractivity contribution in [3.63, 3.8) is 0 Å². The summed E-state index contributed by atoms with van der Waals surface area (Å²) in [7, 11) is 0. The zero-order valence-corrected chi connectivity index (χ0v) is 11.3. The molecule has 94 valence electrons. The molecule has 0 saturated heterocycles. The summed E-state index contributed by atoms with van der Waals surface area (Å²) in [5.41, 5.74) is 0. The number of aromatic nitrogens is 2. The zero-order chi connectivity index (χ0) is 12.3. The minimum atomic E-state index is 0.173. The molecule has 0 aliphatic heterocycles. The van der Waals surface area contributed by atoms with Gasteiger partial charge in [-0.15, -0.1) is 0 Å². The molecule has 0 N–H and O–H groups in total. The van der Waals surface area contributed by atoms with E-state index < -0.39 is 0 Å². The Bertz CT molecular complexity index is 387. The van der Waals surface area contributed by atoms with Crippen molar-refractivity contribution in [1.29, 1.82) is 0 Å². The first-order valence-electron chi connectivity index (χ1n) is 6.03. The molecule has 17 heavy (non-hydrogen) atoms. The second-order valence-electron chi connectivity index (χ2n) is 4.47. The molecule has 2 unspecified atom stereocenters. The Hall–Kier alpha value is -0.540. The lowest BCUT2D eigenvalue weighted by Gasteiger charge is -2.28. The molecule has 1 aliphatic rings. The molecule has 5 heteroatoms. The third-order valence-electron chi connectivity index (χ3n) is 3.27. The van der Waals surface area contributed by atoms with Gasteiger partial charge < -0.3 is 4.74 Å². The molecule has 0 spiro atoms. The van der Waals surface area contributed by atoms with Gasteiger partial charge >= 0.3 is 0 Å². The Morgan fingerprint density at radius 1 is 1.41 bits per heavy atom. The molecule has 1 aliphatic carbocycles. The molecule has 3 nitrogen and oxygen atoms in total. The molecule has 1 aromatic rings. The average Bonchev–Trinajstić information content (AvgIpc) is 2.34. The van der Waals surface area contributed by atoms with E-state index in [9.17, 15) is 0 Å². The highest BCUT2D eigenvalue weighted by Gasteiger charge is 2.23. The molecule has 1 fully saturated rings. The van der Waals surface area contributed by atoms with Gasteiger partial charge in [0.25, 0.3) is 0 Å². The average molecular weight is 275 g/mol. The van der Waals surface area contributed by atoms with Crippen molar-refractivity contribution in [2.45, 2.75) is 45.1 Å². The van der Waals surface area contributed by atoms with Gasteiger partial charge in [0, 0.05) is 0 Å².